The number of nitrogens with zero attached hydrogens (tertiary/aromatic N) is 4. The number of aromatic nitrogens is 2. The van der Waals surface area contributed by atoms with Gasteiger partial charge in [-0.3, -0.25) is 9.69 Å². The van der Waals surface area contributed by atoms with Crippen LogP contribution in [0.25, 0.3) is 20.8 Å². The highest BCUT2D eigenvalue weighted by Gasteiger charge is 2.41. The molecule has 2 atom stereocenters. The predicted octanol–water partition coefficient (Wildman–Crippen LogP) is 4.98. The number of nitrogens with two attached hydrogens (primary N) is 1. The van der Waals surface area contributed by atoms with Crippen LogP contribution in [0.15, 0.2) is 54.0 Å². The maximum atomic E-state index is 14.1. The lowest BCUT2D eigenvalue weighted by molar-refractivity contribution is -0.188. The van der Waals surface area contributed by atoms with Crippen molar-refractivity contribution in [1.29, 1.82) is 0 Å². The molecule has 0 unspecified atom stereocenters. The fraction of sp³-hybridized carbons (Fsp3) is 0.320. The van der Waals surface area contributed by atoms with Gasteiger partial charge in [0.1, 0.15) is 10.8 Å². The summed E-state index contributed by atoms with van der Waals surface area (Å²) < 4.78 is 33.4. The Labute approximate surface area is 215 Å². The van der Waals surface area contributed by atoms with Crippen molar-refractivity contribution in [3.63, 3.8) is 0 Å². The molecule has 0 saturated carbocycles. The Morgan fingerprint density at radius 1 is 1.17 bits per heavy atom. The first-order valence-electron chi connectivity index (χ1n) is 11.5. The van der Waals surface area contributed by atoms with Crippen LogP contribution in [0.1, 0.15) is 19.4 Å². The number of hydrogen-bond donors (Lipinski definition) is 1. The summed E-state index contributed by atoms with van der Waals surface area (Å²) in [5.74, 6) is -1.98. The van der Waals surface area contributed by atoms with Crippen LogP contribution in [0.2, 0.25) is 0 Å². The average Bonchev–Trinajstić information content (AvgIpc) is 3.53. The lowest BCUT2D eigenvalue weighted by atomic mass is 10.1. The van der Waals surface area contributed by atoms with Gasteiger partial charge in [-0.1, -0.05) is 41.7 Å². The molecule has 1 aliphatic heterocycles. The van der Waals surface area contributed by atoms with Crippen LogP contribution in [0.4, 0.5) is 13.9 Å². The molecule has 1 amide bonds. The van der Waals surface area contributed by atoms with Gasteiger partial charge in [-0.25, -0.2) is 9.97 Å². The first-order chi connectivity index (χ1) is 17.2. The highest BCUT2D eigenvalue weighted by atomic mass is 32.1. The van der Waals surface area contributed by atoms with Crippen molar-refractivity contribution in [1.82, 2.24) is 14.9 Å². The van der Waals surface area contributed by atoms with Crippen LogP contribution in [0.3, 0.4) is 0 Å². The van der Waals surface area contributed by atoms with Crippen molar-refractivity contribution >= 4 is 43.9 Å². The second-order valence-corrected chi connectivity index (χ2v) is 10.7. The number of anilines is 1. The number of halogens is 2. The molecule has 0 aliphatic carbocycles. The molecule has 2 N–H and O–H groups in total. The van der Waals surface area contributed by atoms with Gasteiger partial charge in [-0.2, -0.15) is 8.78 Å². The standard InChI is InChI=1S/C25H25F2N5O2S2/c1-15-12-31(13-16(2)32(15)14-17-6-4-3-5-7-17)24-30-20-18(22-29-10-11-35-22)8-9-19(21(20)36-24)34-25(26,27)23(28)33/h3-11,15-16H,12-14H2,1-2H3,(H2,28,33)/t15-,16+. The molecule has 0 radical (unpaired) electrons. The summed E-state index contributed by atoms with van der Waals surface area (Å²) in [5, 5.41) is 3.27. The minimum absolute atomic E-state index is 0.137. The Bertz CT molecular complexity index is 1350. The third-order valence-electron chi connectivity index (χ3n) is 6.26. The van der Waals surface area contributed by atoms with Crippen LogP contribution in [0, 0.1) is 0 Å². The molecule has 36 heavy (non-hydrogen) atoms. The van der Waals surface area contributed by atoms with Crippen molar-refractivity contribution < 1.29 is 18.3 Å². The van der Waals surface area contributed by atoms with Gasteiger partial charge < -0.3 is 15.4 Å². The van der Waals surface area contributed by atoms with E-state index in [2.05, 4.69) is 40.8 Å². The topological polar surface area (TPSA) is 84.6 Å². The number of benzene rings is 2. The van der Waals surface area contributed by atoms with Crippen molar-refractivity contribution in [3.8, 4) is 16.3 Å². The molecule has 5 rings (SSSR count). The molecule has 1 aliphatic rings. The zero-order valence-corrected chi connectivity index (χ0v) is 21.4. The summed E-state index contributed by atoms with van der Waals surface area (Å²) in [7, 11) is 0. The minimum Gasteiger partial charge on any atom is -0.424 e. The van der Waals surface area contributed by atoms with E-state index in [-0.39, 0.29) is 17.8 Å². The summed E-state index contributed by atoms with van der Waals surface area (Å²) in [6, 6.07) is 13.9. The third-order valence-corrected chi connectivity index (χ3v) is 8.20. The second kappa shape index (κ2) is 9.72. The van der Waals surface area contributed by atoms with Gasteiger partial charge in [0.2, 0.25) is 0 Å². The summed E-state index contributed by atoms with van der Waals surface area (Å²) in [6.07, 6.45) is -2.45. The number of fused-ring (bicyclic) bond motifs is 1. The van der Waals surface area contributed by atoms with Crippen molar-refractivity contribution in [2.45, 2.75) is 38.6 Å². The molecule has 2 aromatic carbocycles. The molecule has 1 saturated heterocycles. The number of amides is 1. The van der Waals surface area contributed by atoms with Crippen molar-refractivity contribution in [2.24, 2.45) is 5.73 Å². The number of piperazine rings is 1. The highest BCUT2D eigenvalue weighted by molar-refractivity contribution is 7.22. The SMILES string of the molecule is C[C@@H]1CN(c2nc3c(-c4nccs4)ccc(OC(F)(F)C(N)=O)c3s2)C[C@H](C)N1Cc1ccccc1. The Balaban J connectivity index is 1.48. The Morgan fingerprint density at radius 3 is 2.53 bits per heavy atom. The van der Waals surface area contributed by atoms with E-state index in [1.807, 2.05) is 23.6 Å². The molecular weight excluding hydrogens is 504 g/mol. The van der Waals surface area contributed by atoms with Crippen LogP contribution in [-0.2, 0) is 11.3 Å². The molecule has 1 fully saturated rings. The van der Waals surface area contributed by atoms with E-state index < -0.39 is 12.0 Å². The van der Waals surface area contributed by atoms with E-state index in [4.69, 9.17) is 15.5 Å². The van der Waals surface area contributed by atoms with E-state index in [0.717, 1.165) is 30.2 Å². The lowest BCUT2D eigenvalue weighted by Crippen LogP contribution is -2.56. The van der Waals surface area contributed by atoms with Gasteiger partial charge in [-0.15, -0.1) is 11.3 Å². The number of ether oxygens (including phenoxy) is 1. The maximum absolute atomic E-state index is 14.1. The number of thiazole rings is 2. The summed E-state index contributed by atoms with van der Waals surface area (Å²) in [4.78, 5) is 25.1. The average molecular weight is 530 g/mol. The van der Waals surface area contributed by atoms with Gasteiger partial charge in [-0.05, 0) is 31.5 Å². The highest BCUT2D eigenvalue weighted by Crippen LogP contribution is 2.43. The maximum Gasteiger partial charge on any atom is 0.482 e. The number of primary amides is 1. The molecule has 3 heterocycles. The molecule has 2 aromatic heterocycles. The van der Waals surface area contributed by atoms with Crippen molar-refractivity contribution in [2.75, 3.05) is 18.0 Å². The molecule has 0 bridgehead atoms. The first-order valence-corrected chi connectivity index (χ1v) is 13.2. The Hall–Kier alpha value is -3.15. The zero-order chi connectivity index (χ0) is 25.4. The lowest BCUT2D eigenvalue weighted by Gasteiger charge is -2.44. The summed E-state index contributed by atoms with van der Waals surface area (Å²) >= 11 is 2.70. The third kappa shape index (κ3) is 4.78. The second-order valence-electron chi connectivity index (χ2n) is 8.87. The van der Waals surface area contributed by atoms with Gasteiger partial charge in [0, 0.05) is 48.9 Å². The molecule has 188 valence electrons. The zero-order valence-electron chi connectivity index (χ0n) is 19.7. The van der Waals surface area contributed by atoms with Gasteiger partial charge in [0.25, 0.3) is 0 Å². The smallest absolute Gasteiger partial charge is 0.424 e. The molecular formula is C25H25F2N5O2S2. The largest absolute Gasteiger partial charge is 0.482 e. The van der Waals surface area contributed by atoms with E-state index in [9.17, 15) is 13.6 Å². The fourth-order valence-electron chi connectivity index (χ4n) is 4.52. The summed E-state index contributed by atoms with van der Waals surface area (Å²) in [6.45, 7) is 6.68. The number of carbonyl (C=O) groups is 1. The molecule has 7 nitrogen and oxygen atoms in total. The number of alkyl halides is 2. The van der Waals surface area contributed by atoms with Crippen LogP contribution >= 0.6 is 22.7 Å². The molecule has 0 spiro atoms. The van der Waals surface area contributed by atoms with Crippen molar-refractivity contribution in [3.05, 3.63) is 59.6 Å². The monoisotopic (exact) mass is 529 g/mol. The van der Waals surface area contributed by atoms with E-state index in [1.165, 1.54) is 34.3 Å². The number of hydrogen-bond acceptors (Lipinski definition) is 8. The van der Waals surface area contributed by atoms with Gasteiger partial charge in [0.15, 0.2) is 5.13 Å². The molecule has 11 heteroatoms. The normalized spacial score (nSPS) is 19.1. The first kappa shape index (κ1) is 24.5. The van der Waals surface area contributed by atoms with Crippen LogP contribution in [0.5, 0.6) is 5.75 Å². The Morgan fingerprint density at radius 2 is 1.89 bits per heavy atom. The van der Waals surface area contributed by atoms with E-state index in [1.54, 1.807) is 12.3 Å². The van der Waals surface area contributed by atoms with Gasteiger partial charge >= 0.3 is 12.0 Å². The predicted molar refractivity (Wildman–Crippen MR) is 139 cm³/mol. The van der Waals surface area contributed by atoms with Gasteiger partial charge in [0.05, 0.1) is 10.2 Å². The van der Waals surface area contributed by atoms with Crippen LogP contribution < -0.4 is 15.4 Å². The number of carbonyl (C=O) groups excluding carboxylic acids is 1. The summed E-state index contributed by atoms with van der Waals surface area (Å²) in [5.41, 5.74) is 7.33. The van der Waals surface area contributed by atoms with Crippen LogP contribution in [-0.4, -0.2) is 52.1 Å². The minimum atomic E-state index is -4.13. The van der Waals surface area contributed by atoms with E-state index in [0.29, 0.717) is 15.3 Å². The Kier molecular flexibility index (Phi) is 6.62. The molecule has 4 aromatic rings. The van der Waals surface area contributed by atoms with E-state index >= 15 is 0 Å². The number of rotatable bonds is 7. The fourth-order valence-corrected chi connectivity index (χ4v) is 6.25. The quantitative estimate of drug-likeness (QED) is 0.364.